The first-order valence-corrected chi connectivity index (χ1v) is 14.1. The van der Waals surface area contributed by atoms with Gasteiger partial charge >= 0.3 is 5.97 Å². The zero-order valence-electron chi connectivity index (χ0n) is 23.3. The Balaban J connectivity index is 1.43. The SMILES string of the molecule is Cc1ccccc1/C=C(\NC(=O)c1ccccc1)C(=O)Nc1ccc(SC(C)C(=O)Nc2ccc(O)c(C(=O)O)c2)cc1. The summed E-state index contributed by atoms with van der Waals surface area (Å²) in [5.41, 5.74) is 2.64. The second-order valence-electron chi connectivity index (χ2n) is 9.50. The van der Waals surface area contributed by atoms with Crippen molar-refractivity contribution in [3.8, 4) is 5.75 Å². The van der Waals surface area contributed by atoms with E-state index in [9.17, 15) is 29.4 Å². The Morgan fingerprint density at radius 3 is 2.14 bits per heavy atom. The monoisotopic (exact) mass is 595 g/mol. The number of aromatic carboxylic acids is 1. The number of hydrogen-bond donors (Lipinski definition) is 5. The topological polar surface area (TPSA) is 145 Å². The van der Waals surface area contributed by atoms with Crippen LogP contribution in [0.4, 0.5) is 11.4 Å². The third kappa shape index (κ3) is 8.34. The van der Waals surface area contributed by atoms with E-state index < -0.39 is 28.8 Å². The first kappa shape index (κ1) is 30.6. The molecule has 0 aliphatic rings. The van der Waals surface area contributed by atoms with Gasteiger partial charge in [0.15, 0.2) is 0 Å². The van der Waals surface area contributed by atoms with Crippen molar-refractivity contribution in [2.75, 3.05) is 10.6 Å². The second kappa shape index (κ2) is 14.0. The molecule has 218 valence electrons. The highest BCUT2D eigenvalue weighted by molar-refractivity contribution is 8.00. The number of aryl methyl sites for hydroxylation is 1. The van der Waals surface area contributed by atoms with Crippen LogP contribution < -0.4 is 16.0 Å². The van der Waals surface area contributed by atoms with Gasteiger partial charge in [-0.3, -0.25) is 14.4 Å². The van der Waals surface area contributed by atoms with Gasteiger partial charge in [-0.05, 0) is 85.6 Å². The van der Waals surface area contributed by atoms with Gasteiger partial charge in [-0.1, -0.05) is 42.5 Å². The second-order valence-corrected chi connectivity index (χ2v) is 10.9. The Bertz CT molecular complexity index is 1690. The summed E-state index contributed by atoms with van der Waals surface area (Å²) in [7, 11) is 0. The van der Waals surface area contributed by atoms with E-state index in [1.807, 2.05) is 31.2 Å². The molecule has 0 spiro atoms. The number of carbonyl (C=O) groups is 4. The molecular weight excluding hydrogens is 566 g/mol. The molecule has 0 heterocycles. The van der Waals surface area contributed by atoms with E-state index in [0.29, 0.717) is 11.3 Å². The van der Waals surface area contributed by atoms with Gasteiger partial charge in [0.2, 0.25) is 5.91 Å². The third-order valence-corrected chi connectivity index (χ3v) is 7.42. The van der Waals surface area contributed by atoms with Crippen molar-refractivity contribution in [3.05, 3.63) is 125 Å². The summed E-state index contributed by atoms with van der Waals surface area (Å²) in [6, 6.07) is 26.8. The van der Waals surface area contributed by atoms with Crippen LogP contribution in [0.15, 0.2) is 108 Å². The number of amides is 3. The number of anilines is 2. The number of aromatic hydroxyl groups is 1. The standard InChI is InChI=1S/C33H29N3O6S/c1-20-8-6-7-11-23(20)18-28(36-31(39)22-9-4-3-5-10-22)32(40)34-24-12-15-26(16-13-24)43-21(2)30(38)35-25-14-17-29(37)27(19-25)33(41)42/h3-19,21,37H,1-2H3,(H,34,40)(H,35,38)(H,36,39)(H,41,42)/b28-18-. The summed E-state index contributed by atoms with van der Waals surface area (Å²) in [5.74, 6) is -2.98. The predicted octanol–water partition coefficient (Wildman–Crippen LogP) is 5.93. The van der Waals surface area contributed by atoms with Crippen molar-refractivity contribution in [2.45, 2.75) is 24.0 Å². The van der Waals surface area contributed by atoms with Crippen molar-refractivity contribution in [1.82, 2.24) is 5.32 Å². The van der Waals surface area contributed by atoms with Crippen LogP contribution in [0.2, 0.25) is 0 Å². The van der Waals surface area contributed by atoms with E-state index in [-0.39, 0.29) is 22.9 Å². The number of benzene rings is 4. The van der Waals surface area contributed by atoms with Crippen molar-refractivity contribution in [1.29, 1.82) is 0 Å². The largest absolute Gasteiger partial charge is 0.507 e. The summed E-state index contributed by atoms with van der Waals surface area (Å²) in [6.07, 6.45) is 1.63. The molecule has 0 fully saturated rings. The number of nitrogens with one attached hydrogen (secondary N) is 3. The van der Waals surface area contributed by atoms with Crippen LogP contribution in [-0.2, 0) is 9.59 Å². The minimum absolute atomic E-state index is 0.0761. The van der Waals surface area contributed by atoms with E-state index in [0.717, 1.165) is 16.0 Å². The fourth-order valence-corrected chi connectivity index (χ4v) is 4.82. The number of rotatable bonds is 10. The van der Waals surface area contributed by atoms with Gasteiger partial charge < -0.3 is 26.2 Å². The molecule has 4 rings (SSSR count). The van der Waals surface area contributed by atoms with E-state index in [1.165, 1.54) is 30.0 Å². The third-order valence-electron chi connectivity index (χ3n) is 6.31. The molecule has 9 nitrogen and oxygen atoms in total. The maximum Gasteiger partial charge on any atom is 0.339 e. The summed E-state index contributed by atoms with van der Waals surface area (Å²) in [6.45, 7) is 3.61. The van der Waals surface area contributed by atoms with Crippen LogP contribution in [-0.4, -0.2) is 39.2 Å². The van der Waals surface area contributed by atoms with Crippen LogP contribution in [0.3, 0.4) is 0 Å². The fourth-order valence-electron chi connectivity index (χ4n) is 3.95. The van der Waals surface area contributed by atoms with E-state index in [4.69, 9.17) is 0 Å². The minimum Gasteiger partial charge on any atom is -0.507 e. The first-order valence-electron chi connectivity index (χ1n) is 13.2. The fraction of sp³-hybridized carbons (Fsp3) is 0.0909. The average Bonchev–Trinajstić information content (AvgIpc) is 3.00. The van der Waals surface area contributed by atoms with Crippen LogP contribution in [0.25, 0.3) is 6.08 Å². The molecule has 1 unspecified atom stereocenters. The van der Waals surface area contributed by atoms with Crippen molar-refractivity contribution >= 4 is 52.9 Å². The molecule has 0 aromatic heterocycles. The van der Waals surface area contributed by atoms with Gasteiger partial charge in [0.25, 0.3) is 11.8 Å². The number of carbonyl (C=O) groups excluding carboxylic acids is 3. The number of phenols is 1. The molecular formula is C33H29N3O6S. The zero-order chi connectivity index (χ0) is 30.9. The molecule has 0 saturated carbocycles. The Kier molecular flexibility index (Phi) is 9.98. The maximum absolute atomic E-state index is 13.3. The summed E-state index contributed by atoms with van der Waals surface area (Å²) in [4.78, 5) is 50.9. The summed E-state index contributed by atoms with van der Waals surface area (Å²) in [5, 5.41) is 26.5. The van der Waals surface area contributed by atoms with Gasteiger partial charge in [-0.15, -0.1) is 11.8 Å². The molecule has 43 heavy (non-hydrogen) atoms. The molecule has 0 radical (unpaired) electrons. The van der Waals surface area contributed by atoms with E-state index in [1.54, 1.807) is 67.6 Å². The first-order chi connectivity index (χ1) is 20.6. The average molecular weight is 596 g/mol. The highest BCUT2D eigenvalue weighted by Crippen LogP contribution is 2.27. The quantitative estimate of drug-likeness (QED) is 0.0868. The van der Waals surface area contributed by atoms with Crippen molar-refractivity contribution in [3.63, 3.8) is 0 Å². The van der Waals surface area contributed by atoms with Gasteiger partial charge in [0.05, 0.1) is 5.25 Å². The number of thioether (sulfide) groups is 1. The lowest BCUT2D eigenvalue weighted by Gasteiger charge is -2.14. The Labute approximate surface area is 252 Å². The molecule has 0 aliphatic carbocycles. The predicted molar refractivity (Wildman–Crippen MR) is 167 cm³/mol. The van der Waals surface area contributed by atoms with Crippen molar-refractivity contribution in [2.24, 2.45) is 0 Å². The molecule has 1 atom stereocenters. The normalized spacial score (nSPS) is 11.7. The molecule has 5 N–H and O–H groups in total. The minimum atomic E-state index is -1.31. The van der Waals surface area contributed by atoms with Crippen LogP contribution in [0.1, 0.15) is 38.8 Å². The molecule has 0 aliphatic heterocycles. The maximum atomic E-state index is 13.3. The van der Waals surface area contributed by atoms with Gasteiger partial charge in [0.1, 0.15) is 17.0 Å². The molecule has 3 amide bonds. The van der Waals surface area contributed by atoms with E-state index >= 15 is 0 Å². The molecule has 4 aromatic carbocycles. The van der Waals surface area contributed by atoms with Crippen LogP contribution >= 0.6 is 11.8 Å². The smallest absolute Gasteiger partial charge is 0.339 e. The lowest BCUT2D eigenvalue weighted by molar-refractivity contribution is -0.115. The van der Waals surface area contributed by atoms with Gasteiger partial charge in [-0.2, -0.15) is 0 Å². The molecule has 0 saturated heterocycles. The Morgan fingerprint density at radius 1 is 0.814 bits per heavy atom. The van der Waals surface area contributed by atoms with Gasteiger partial charge in [-0.25, -0.2) is 4.79 Å². The van der Waals surface area contributed by atoms with Crippen molar-refractivity contribution < 1.29 is 29.4 Å². The lowest BCUT2D eigenvalue weighted by Crippen LogP contribution is -2.30. The Morgan fingerprint density at radius 2 is 1.47 bits per heavy atom. The number of carboxylic acids is 1. The lowest BCUT2D eigenvalue weighted by atomic mass is 10.1. The molecule has 10 heteroatoms. The highest BCUT2D eigenvalue weighted by atomic mass is 32.2. The summed E-state index contributed by atoms with van der Waals surface area (Å²) < 4.78 is 0. The summed E-state index contributed by atoms with van der Waals surface area (Å²) >= 11 is 1.27. The number of carboxylic acid groups (broad SMARTS) is 1. The van der Waals surface area contributed by atoms with E-state index in [2.05, 4.69) is 16.0 Å². The Hall–Kier alpha value is -5.35. The zero-order valence-corrected chi connectivity index (χ0v) is 24.1. The van der Waals surface area contributed by atoms with Gasteiger partial charge in [0, 0.05) is 21.8 Å². The molecule has 4 aromatic rings. The number of hydrogen-bond acceptors (Lipinski definition) is 6. The highest BCUT2D eigenvalue weighted by Gasteiger charge is 2.18. The van der Waals surface area contributed by atoms with Crippen LogP contribution in [0, 0.1) is 6.92 Å². The molecule has 0 bridgehead atoms. The van der Waals surface area contributed by atoms with Crippen LogP contribution in [0.5, 0.6) is 5.75 Å².